The Morgan fingerprint density at radius 2 is 0.750 bits per heavy atom. The van der Waals surface area contributed by atoms with Crippen LogP contribution in [0.2, 0.25) is 0 Å². The summed E-state index contributed by atoms with van der Waals surface area (Å²) < 4.78 is 12.6. The zero-order valence-electron chi connectivity index (χ0n) is 25.6. The first-order chi connectivity index (χ1) is 23.7. The molecule has 2 heterocycles. The summed E-state index contributed by atoms with van der Waals surface area (Å²) in [6.45, 7) is 0. The number of nitrogens with zero attached hydrogens (tertiary/aromatic N) is 2. The van der Waals surface area contributed by atoms with Gasteiger partial charge in [-0.2, -0.15) is 10.5 Å². The molecule has 9 aromatic rings. The molecule has 0 N–H and O–H groups in total. The van der Waals surface area contributed by atoms with Crippen LogP contribution in [0.1, 0.15) is 11.1 Å². The zero-order chi connectivity index (χ0) is 32.2. The Morgan fingerprint density at radius 3 is 1.19 bits per heavy atom. The first-order valence-corrected chi connectivity index (χ1v) is 15.7. The van der Waals surface area contributed by atoms with E-state index in [9.17, 15) is 10.5 Å². The summed E-state index contributed by atoms with van der Waals surface area (Å²) in [6.07, 6.45) is 0. The first kappa shape index (κ1) is 27.4. The minimum Gasteiger partial charge on any atom is -0.455 e. The van der Waals surface area contributed by atoms with Gasteiger partial charge in [0, 0.05) is 32.7 Å². The average molecular weight is 613 g/mol. The third kappa shape index (κ3) is 4.44. The van der Waals surface area contributed by atoms with Crippen molar-refractivity contribution >= 4 is 43.9 Å². The molecule has 0 bridgehead atoms. The predicted octanol–water partition coefficient (Wildman–Crippen LogP) is 11.9. The second-order valence-corrected chi connectivity index (χ2v) is 12.0. The monoisotopic (exact) mass is 612 g/mol. The van der Waals surface area contributed by atoms with Gasteiger partial charge in [0.1, 0.15) is 22.3 Å². The van der Waals surface area contributed by atoms with Crippen LogP contribution in [-0.2, 0) is 0 Å². The third-order valence-electron chi connectivity index (χ3n) is 9.11. The molecule has 4 nitrogen and oxygen atoms in total. The van der Waals surface area contributed by atoms with Crippen LogP contribution in [0.5, 0.6) is 0 Å². The van der Waals surface area contributed by atoms with Crippen LogP contribution in [0.4, 0.5) is 0 Å². The summed E-state index contributed by atoms with van der Waals surface area (Å²) in [5, 5.41) is 24.2. The van der Waals surface area contributed by atoms with E-state index in [1.165, 1.54) is 0 Å². The van der Waals surface area contributed by atoms with E-state index in [4.69, 9.17) is 8.83 Å². The molecular weight excluding hydrogens is 588 g/mol. The van der Waals surface area contributed by atoms with E-state index in [-0.39, 0.29) is 0 Å². The Bertz CT molecular complexity index is 2610. The zero-order valence-corrected chi connectivity index (χ0v) is 25.6. The average Bonchev–Trinajstić information content (AvgIpc) is 3.73. The van der Waals surface area contributed by atoms with Crippen LogP contribution in [0, 0.1) is 22.7 Å². The topological polar surface area (TPSA) is 73.9 Å². The Morgan fingerprint density at radius 1 is 0.354 bits per heavy atom. The van der Waals surface area contributed by atoms with Crippen molar-refractivity contribution in [2.45, 2.75) is 0 Å². The highest BCUT2D eigenvalue weighted by Gasteiger charge is 2.16. The molecule has 0 aliphatic rings. The van der Waals surface area contributed by atoms with Crippen molar-refractivity contribution in [2.24, 2.45) is 0 Å². The molecule has 2 aromatic heterocycles. The van der Waals surface area contributed by atoms with Gasteiger partial charge in [0.25, 0.3) is 0 Å². The maximum absolute atomic E-state index is 9.97. The van der Waals surface area contributed by atoms with Crippen molar-refractivity contribution in [3.05, 3.63) is 157 Å². The van der Waals surface area contributed by atoms with Gasteiger partial charge in [0.2, 0.25) is 0 Å². The molecule has 0 radical (unpaired) electrons. The summed E-state index contributed by atoms with van der Waals surface area (Å²) >= 11 is 0. The minimum absolute atomic E-state index is 0.575. The van der Waals surface area contributed by atoms with Crippen LogP contribution in [-0.4, -0.2) is 0 Å². The fraction of sp³-hybridized carbons (Fsp3) is 0. The van der Waals surface area contributed by atoms with Gasteiger partial charge in [-0.1, -0.05) is 97.1 Å². The number of rotatable bonds is 4. The first-order valence-electron chi connectivity index (χ1n) is 15.7. The summed E-state index contributed by atoms with van der Waals surface area (Å²) in [5.74, 6) is 0. The van der Waals surface area contributed by atoms with Crippen molar-refractivity contribution in [2.75, 3.05) is 0 Å². The molecule has 222 valence electrons. The molecule has 0 aliphatic carbocycles. The van der Waals surface area contributed by atoms with Crippen molar-refractivity contribution < 1.29 is 8.83 Å². The van der Waals surface area contributed by atoms with E-state index in [0.717, 1.165) is 88.4 Å². The molecule has 0 unspecified atom stereocenters. The number of benzene rings is 7. The van der Waals surface area contributed by atoms with Crippen LogP contribution in [0.3, 0.4) is 0 Å². The molecule has 0 aliphatic heterocycles. The molecule has 0 saturated heterocycles. The fourth-order valence-corrected chi connectivity index (χ4v) is 6.83. The van der Waals surface area contributed by atoms with Crippen LogP contribution >= 0.6 is 0 Å². The third-order valence-corrected chi connectivity index (χ3v) is 9.11. The smallest absolute Gasteiger partial charge is 0.143 e. The Balaban J connectivity index is 1.12. The van der Waals surface area contributed by atoms with Gasteiger partial charge in [-0.25, -0.2) is 0 Å². The predicted molar refractivity (Wildman–Crippen MR) is 192 cm³/mol. The lowest BCUT2D eigenvalue weighted by Crippen LogP contribution is -1.88. The van der Waals surface area contributed by atoms with Crippen LogP contribution < -0.4 is 0 Å². The van der Waals surface area contributed by atoms with E-state index in [1.807, 2.05) is 84.9 Å². The molecule has 48 heavy (non-hydrogen) atoms. The fourth-order valence-electron chi connectivity index (χ4n) is 6.83. The largest absolute Gasteiger partial charge is 0.455 e. The molecule has 0 saturated carbocycles. The van der Waals surface area contributed by atoms with E-state index in [0.29, 0.717) is 11.1 Å². The molecule has 9 rings (SSSR count). The molecule has 0 spiro atoms. The van der Waals surface area contributed by atoms with Gasteiger partial charge in [-0.3, -0.25) is 0 Å². The van der Waals surface area contributed by atoms with Crippen molar-refractivity contribution in [3.63, 3.8) is 0 Å². The van der Waals surface area contributed by atoms with E-state index < -0.39 is 0 Å². The van der Waals surface area contributed by atoms with Crippen molar-refractivity contribution in [1.29, 1.82) is 10.5 Å². The highest BCUT2D eigenvalue weighted by molar-refractivity contribution is 6.10. The van der Waals surface area contributed by atoms with Crippen LogP contribution in [0.25, 0.3) is 88.4 Å². The number of para-hydroxylation sites is 4. The summed E-state index contributed by atoms with van der Waals surface area (Å²) in [4.78, 5) is 0. The lowest BCUT2D eigenvalue weighted by molar-refractivity contribution is 0.669. The maximum atomic E-state index is 9.97. The number of furan rings is 2. The highest BCUT2D eigenvalue weighted by Crippen LogP contribution is 2.39. The molecular formula is C44H24N2O2. The SMILES string of the molecule is N#Cc1cc(-c2ccc(-c3cc(C#N)cc(-c4cccc5c4oc4ccccc45)c3)cc2)cc(-c2cccc3c2oc2ccccc23)c1. The molecule has 0 atom stereocenters. The Kier molecular flexibility index (Phi) is 6.22. The summed E-state index contributed by atoms with van der Waals surface area (Å²) in [7, 11) is 0. The number of nitriles is 2. The molecule has 0 amide bonds. The van der Waals surface area contributed by atoms with Gasteiger partial charge in [0.05, 0.1) is 23.3 Å². The maximum Gasteiger partial charge on any atom is 0.143 e. The Hall–Kier alpha value is -6.88. The molecule has 7 aromatic carbocycles. The van der Waals surface area contributed by atoms with E-state index in [2.05, 4.69) is 72.8 Å². The Labute approximate surface area is 275 Å². The molecule has 0 fully saturated rings. The minimum atomic E-state index is 0.575. The lowest BCUT2D eigenvalue weighted by Gasteiger charge is -2.11. The van der Waals surface area contributed by atoms with Crippen molar-refractivity contribution in [1.82, 2.24) is 0 Å². The van der Waals surface area contributed by atoms with Gasteiger partial charge in [-0.15, -0.1) is 0 Å². The molecule has 4 heteroatoms. The van der Waals surface area contributed by atoms with Gasteiger partial charge >= 0.3 is 0 Å². The van der Waals surface area contributed by atoms with E-state index in [1.54, 1.807) is 0 Å². The number of fused-ring (bicyclic) bond motifs is 6. The normalized spacial score (nSPS) is 11.3. The summed E-state index contributed by atoms with van der Waals surface area (Å²) in [5.41, 5.74) is 12.0. The quantitative estimate of drug-likeness (QED) is 0.198. The van der Waals surface area contributed by atoms with Gasteiger partial charge in [0.15, 0.2) is 0 Å². The van der Waals surface area contributed by atoms with E-state index >= 15 is 0 Å². The standard InChI is InChI=1S/C44H24N2O2/c45-25-27-19-31(23-33(21-27)35-9-5-11-39-37-7-1-3-13-41(37)47-43(35)39)29-15-17-30(18-16-29)32-20-28(26-46)22-34(24-32)36-10-6-12-40-38-8-2-4-14-42(38)48-44(36)40/h1-24H. The number of hydrogen-bond donors (Lipinski definition) is 0. The lowest BCUT2D eigenvalue weighted by atomic mass is 9.93. The highest BCUT2D eigenvalue weighted by atomic mass is 16.3. The number of hydrogen-bond acceptors (Lipinski definition) is 4. The van der Waals surface area contributed by atoms with Crippen LogP contribution in [0.15, 0.2) is 154 Å². The summed E-state index contributed by atoms with van der Waals surface area (Å²) in [6, 6.07) is 53.2. The second-order valence-electron chi connectivity index (χ2n) is 12.0. The van der Waals surface area contributed by atoms with Gasteiger partial charge < -0.3 is 8.83 Å². The van der Waals surface area contributed by atoms with Gasteiger partial charge in [-0.05, 0) is 81.9 Å². The second kappa shape index (κ2) is 10.9. The van der Waals surface area contributed by atoms with Crippen molar-refractivity contribution in [3.8, 4) is 56.6 Å².